The molecule has 0 aliphatic carbocycles. The van der Waals surface area contributed by atoms with E-state index in [0.717, 1.165) is 6.07 Å². The summed E-state index contributed by atoms with van der Waals surface area (Å²) in [4.78, 5) is 23.9. The number of hydrogen-bond donors (Lipinski definition) is 1. The third-order valence-electron chi connectivity index (χ3n) is 3.29. The third-order valence-corrected chi connectivity index (χ3v) is 3.29. The number of nitro groups is 1. The monoisotopic (exact) mass is 294 g/mol. The topological polar surface area (TPSA) is 83.7 Å². The Kier molecular flexibility index (Phi) is 5.29. The van der Waals surface area contributed by atoms with Crippen LogP contribution < -0.4 is 4.90 Å². The first-order chi connectivity index (χ1) is 9.65. The van der Waals surface area contributed by atoms with E-state index in [0.29, 0.717) is 23.7 Å². The maximum atomic E-state index is 11.2. The first-order valence-corrected chi connectivity index (χ1v) is 6.94. The first-order valence-electron chi connectivity index (χ1n) is 6.94. The van der Waals surface area contributed by atoms with Crippen LogP contribution in [-0.4, -0.2) is 28.6 Å². The fourth-order valence-electron chi connectivity index (χ4n) is 2.28. The van der Waals surface area contributed by atoms with Crippen LogP contribution in [0.25, 0.3) is 0 Å². The lowest BCUT2D eigenvalue weighted by Gasteiger charge is -2.32. The van der Waals surface area contributed by atoms with Crippen LogP contribution in [0, 0.1) is 23.0 Å². The highest BCUT2D eigenvalue weighted by molar-refractivity contribution is 5.90. The van der Waals surface area contributed by atoms with Gasteiger partial charge in [0.15, 0.2) is 0 Å². The van der Waals surface area contributed by atoms with Gasteiger partial charge in [-0.1, -0.05) is 13.8 Å². The van der Waals surface area contributed by atoms with Crippen molar-refractivity contribution < 1.29 is 14.8 Å². The van der Waals surface area contributed by atoms with Gasteiger partial charge in [-0.3, -0.25) is 10.1 Å². The van der Waals surface area contributed by atoms with E-state index < -0.39 is 10.9 Å². The second-order valence-electron chi connectivity index (χ2n) is 5.84. The van der Waals surface area contributed by atoms with Gasteiger partial charge in [0.2, 0.25) is 0 Å². The highest BCUT2D eigenvalue weighted by Crippen LogP contribution is 2.32. The number of carbonyl (C=O) groups is 1. The summed E-state index contributed by atoms with van der Waals surface area (Å²) in [6.07, 6.45) is 0. The molecule has 6 heteroatoms. The number of carboxylic acids is 1. The van der Waals surface area contributed by atoms with E-state index in [1.807, 2.05) is 18.7 Å². The molecule has 0 saturated heterocycles. The van der Waals surface area contributed by atoms with Gasteiger partial charge in [-0.2, -0.15) is 0 Å². The smallest absolute Gasteiger partial charge is 0.336 e. The third kappa shape index (κ3) is 3.93. The largest absolute Gasteiger partial charge is 0.478 e. The normalized spacial score (nSPS) is 11.0. The van der Waals surface area contributed by atoms with Crippen LogP contribution in [0.2, 0.25) is 0 Å². The average Bonchev–Trinajstić information content (AvgIpc) is 2.35. The van der Waals surface area contributed by atoms with Crippen molar-refractivity contribution in [3.8, 4) is 0 Å². The predicted octanol–water partition coefficient (Wildman–Crippen LogP) is 3.47. The molecular weight excluding hydrogens is 272 g/mol. The van der Waals surface area contributed by atoms with Crippen molar-refractivity contribution >= 4 is 17.3 Å². The van der Waals surface area contributed by atoms with Crippen LogP contribution in [-0.2, 0) is 0 Å². The minimum atomic E-state index is -1.16. The van der Waals surface area contributed by atoms with Crippen LogP contribution in [0.3, 0.4) is 0 Å². The van der Waals surface area contributed by atoms with Crippen molar-refractivity contribution in [1.82, 2.24) is 0 Å². The maximum Gasteiger partial charge on any atom is 0.336 e. The fourth-order valence-corrected chi connectivity index (χ4v) is 2.28. The van der Waals surface area contributed by atoms with E-state index >= 15 is 0 Å². The number of aromatic carboxylic acids is 1. The number of nitro benzene ring substituents is 1. The lowest BCUT2D eigenvalue weighted by Crippen LogP contribution is -2.35. The Labute approximate surface area is 124 Å². The minimum Gasteiger partial charge on any atom is -0.478 e. The standard InChI is InChI=1S/C15H22N2O4/c1-9(2)8-16(10(3)4)13-6-12(15(18)19)7-14(11(13)5)17(20)21/h6-7,9-10H,8H2,1-5H3,(H,18,19). The Morgan fingerprint density at radius 2 is 1.90 bits per heavy atom. The molecule has 21 heavy (non-hydrogen) atoms. The molecule has 0 aliphatic rings. The van der Waals surface area contributed by atoms with Gasteiger partial charge in [-0.05, 0) is 32.8 Å². The summed E-state index contributed by atoms with van der Waals surface area (Å²) in [5.41, 5.74) is 0.903. The molecule has 0 bridgehead atoms. The van der Waals surface area contributed by atoms with Gasteiger partial charge in [0, 0.05) is 24.3 Å². The van der Waals surface area contributed by atoms with Crippen LogP contribution in [0.4, 0.5) is 11.4 Å². The fraction of sp³-hybridized carbons (Fsp3) is 0.533. The number of rotatable bonds is 6. The van der Waals surface area contributed by atoms with E-state index in [1.54, 1.807) is 6.92 Å². The van der Waals surface area contributed by atoms with Crippen molar-refractivity contribution in [2.45, 2.75) is 40.7 Å². The van der Waals surface area contributed by atoms with Crippen molar-refractivity contribution in [1.29, 1.82) is 0 Å². The van der Waals surface area contributed by atoms with Crippen molar-refractivity contribution in [2.24, 2.45) is 5.92 Å². The summed E-state index contributed by atoms with van der Waals surface area (Å²) >= 11 is 0. The lowest BCUT2D eigenvalue weighted by molar-refractivity contribution is -0.385. The molecule has 0 aromatic heterocycles. The van der Waals surface area contributed by atoms with Gasteiger partial charge < -0.3 is 10.0 Å². The summed E-state index contributed by atoms with van der Waals surface area (Å²) in [5.74, 6) is -0.799. The van der Waals surface area contributed by atoms with Crippen molar-refractivity contribution in [3.05, 3.63) is 33.4 Å². The van der Waals surface area contributed by atoms with E-state index in [9.17, 15) is 14.9 Å². The average molecular weight is 294 g/mol. The molecule has 6 nitrogen and oxygen atoms in total. The molecule has 1 rings (SSSR count). The summed E-state index contributed by atoms with van der Waals surface area (Å²) in [7, 11) is 0. The Morgan fingerprint density at radius 1 is 1.33 bits per heavy atom. The first kappa shape index (κ1) is 16.9. The predicted molar refractivity (Wildman–Crippen MR) is 82.1 cm³/mol. The van der Waals surface area contributed by atoms with E-state index in [4.69, 9.17) is 5.11 Å². The molecule has 0 spiro atoms. The second-order valence-corrected chi connectivity index (χ2v) is 5.84. The van der Waals surface area contributed by atoms with Gasteiger partial charge in [-0.15, -0.1) is 0 Å². The van der Waals surface area contributed by atoms with Crippen molar-refractivity contribution in [2.75, 3.05) is 11.4 Å². The molecule has 0 radical (unpaired) electrons. The quantitative estimate of drug-likeness (QED) is 0.641. The lowest BCUT2D eigenvalue weighted by atomic mass is 10.0. The number of carboxylic acid groups (broad SMARTS) is 1. The van der Waals surface area contributed by atoms with Gasteiger partial charge in [0.25, 0.3) is 5.69 Å². The summed E-state index contributed by atoms with van der Waals surface area (Å²) < 4.78 is 0. The zero-order chi connectivity index (χ0) is 16.3. The van der Waals surface area contributed by atoms with E-state index in [1.165, 1.54) is 6.07 Å². The number of hydrogen-bond acceptors (Lipinski definition) is 4. The molecule has 0 saturated carbocycles. The molecule has 0 fully saturated rings. The maximum absolute atomic E-state index is 11.2. The van der Waals surface area contributed by atoms with Gasteiger partial charge >= 0.3 is 5.97 Å². The zero-order valence-corrected chi connectivity index (χ0v) is 13.1. The molecule has 0 heterocycles. The Morgan fingerprint density at radius 3 is 2.29 bits per heavy atom. The molecule has 116 valence electrons. The number of nitrogens with zero attached hydrogens (tertiary/aromatic N) is 2. The summed E-state index contributed by atoms with van der Waals surface area (Å²) in [5, 5.41) is 20.3. The van der Waals surface area contributed by atoms with Crippen LogP contribution in [0.1, 0.15) is 43.6 Å². The SMILES string of the molecule is Cc1c(N(CC(C)C)C(C)C)cc(C(=O)O)cc1[N+](=O)[O-]. The molecule has 0 aliphatic heterocycles. The second kappa shape index (κ2) is 6.56. The molecular formula is C15H22N2O4. The highest BCUT2D eigenvalue weighted by Gasteiger charge is 2.23. The molecule has 1 aromatic rings. The van der Waals surface area contributed by atoms with Gasteiger partial charge in [0.1, 0.15) is 0 Å². The zero-order valence-electron chi connectivity index (χ0n) is 13.1. The Hall–Kier alpha value is -2.11. The van der Waals surface area contributed by atoms with Crippen LogP contribution in [0.15, 0.2) is 12.1 Å². The Balaban J connectivity index is 3.50. The molecule has 1 aromatic carbocycles. The number of benzene rings is 1. The number of anilines is 1. The molecule has 0 unspecified atom stereocenters. The summed E-state index contributed by atoms with van der Waals surface area (Å²) in [6, 6.07) is 2.76. The van der Waals surface area contributed by atoms with Crippen molar-refractivity contribution in [3.63, 3.8) is 0 Å². The Bertz CT molecular complexity index is 553. The van der Waals surface area contributed by atoms with Gasteiger partial charge in [-0.25, -0.2) is 4.79 Å². The highest BCUT2D eigenvalue weighted by atomic mass is 16.6. The van der Waals surface area contributed by atoms with Crippen LogP contribution in [0.5, 0.6) is 0 Å². The molecule has 0 amide bonds. The minimum absolute atomic E-state index is 0.0586. The van der Waals surface area contributed by atoms with E-state index in [2.05, 4.69) is 13.8 Å². The van der Waals surface area contributed by atoms with E-state index in [-0.39, 0.29) is 17.3 Å². The van der Waals surface area contributed by atoms with Crippen LogP contribution >= 0.6 is 0 Å². The van der Waals surface area contributed by atoms with Gasteiger partial charge in [0.05, 0.1) is 16.1 Å². The molecule has 0 atom stereocenters. The summed E-state index contributed by atoms with van der Waals surface area (Å²) in [6.45, 7) is 10.5. The molecule has 1 N–H and O–H groups in total.